The number of carbonyl (C=O) groups is 3. The number of alkyl carbamates (subject to hydrolysis) is 1. The maximum absolute atomic E-state index is 13.0. The third-order valence-corrected chi connectivity index (χ3v) is 5.34. The van der Waals surface area contributed by atoms with Crippen LogP contribution in [0.3, 0.4) is 0 Å². The van der Waals surface area contributed by atoms with E-state index in [1.807, 2.05) is 42.5 Å². The fourth-order valence-corrected chi connectivity index (χ4v) is 3.88. The number of nitrogens with one attached hydrogen (secondary N) is 1. The van der Waals surface area contributed by atoms with Crippen LogP contribution in [0.25, 0.3) is 0 Å². The van der Waals surface area contributed by atoms with Gasteiger partial charge in [0.15, 0.2) is 0 Å². The number of carboxylic acid groups (broad SMARTS) is 1. The highest BCUT2D eigenvalue weighted by Crippen LogP contribution is 2.34. The van der Waals surface area contributed by atoms with Crippen LogP contribution in [-0.2, 0) is 20.9 Å². The van der Waals surface area contributed by atoms with Gasteiger partial charge >= 0.3 is 12.1 Å². The summed E-state index contributed by atoms with van der Waals surface area (Å²) in [6, 6.07) is 15.7. The van der Waals surface area contributed by atoms with Crippen LogP contribution in [0.5, 0.6) is 0 Å². The summed E-state index contributed by atoms with van der Waals surface area (Å²) in [5.41, 5.74) is 1.50. The van der Waals surface area contributed by atoms with E-state index in [0.29, 0.717) is 11.4 Å². The molecular formula is C20H20N2O5S. The molecule has 2 N–H and O–H groups in total. The molecule has 7 nitrogen and oxygen atoms in total. The normalized spacial score (nSPS) is 16.1. The first-order valence-corrected chi connectivity index (χ1v) is 9.75. The molecule has 0 radical (unpaired) electrons. The molecule has 146 valence electrons. The molecule has 0 bridgehead atoms. The number of anilines is 1. The van der Waals surface area contributed by atoms with Gasteiger partial charge in [-0.15, -0.1) is 11.8 Å². The number of aliphatic carboxylic acids is 1. The average molecular weight is 400 g/mol. The van der Waals surface area contributed by atoms with E-state index < -0.39 is 18.1 Å². The Kier molecular flexibility index (Phi) is 6.54. The van der Waals surface area contributed by atoms with Gasteiger partial charge in [-0.05, 0) is 17.7 Å². The minimum absolute atomic E-state index is 0.0307. The lowest BCUT2D eigenvalue weighted by Crippen LogP contribution is -2.50. The van der Waals surface area contributed by atoms with Gasteiger partial charge in [-0.3, -0.25) is 9.59 Å². The number of thioether (sulfide) groups is 1. The van der Waals surface area contributed by atoms with Gasteiger partial charge in [-0.25, -0.2) is 4.79 Å². The Bertz CT molecular complexity index is 859. The number of fused-ring (bicyclic) bond motifs is 1. The molecule has 0 fully saturated rings. The van der Waals surface area contributed by atoms with E-state index in [4.69, 9.17) is 9.84 Å². The Labute approximate surface area is 166 Å². The first-order chi connectivity index (χ1) is 13.5. The second-order valence-electron chi connectivity index (χ2n) is 6.17. The quantitative estimate of drug-likeness (QED) is 0.774. The summed E-state index contributed by atoms with van der Waals surface area (Å²) in [4.78, 5) is 38.4. The second-order valence-corrected chi connectivity index (χ2v) is 7.23. The minimum atomic E-state index is -0.992. The number of benzene rings is 2. The van der Waals surface area contributed by atoms with Crippen LogP contribution in [0, 0.1) is 0 Å². The van der Waals surface area contributed by atoms with Crippen LogP contribution in [0.15, 0.2) is 59.5 Å². The molecule has 1 heterocycles. The molecule has 1 unspecified atom stereocenters. The van der Waals surface area contributed by atoms with Crippen molar-refractivity contribution in [3.8, 4) is 0 Å². The van der Waals surface area contributed by atoms with Gasteiger partial charge < -0.3 is 20.1 Å². The number of hydrogen-bond donors (Lipinski definition) is 2. The Morgan fingerprint density at radius 3 is 2.61 bits per heavy atom. The highest BCUT2D eigenvalue weighted by molar-refractivity contribution is 7.99. The molecule has 0 aromatic heterocycles. The molecular weight excluding hydrogens is 380 g/mol. The molecule has 1 aliphatic rings. The van der Waals surface area contributed by atoms with Crippen molar-refractivity contribution in [3.05, 3.63) is 60.2 Å². The lowest BCUT2D eigenvalue weighted by atomic mass is 10.2. The highest BCUT2D eigenvalue weighted by atomic mass is 32.2. The predicted octanol–water partition coefficient (Wildman–Crippen LogP) is 2.90. The van der Waals surface area contributed by atoms with Crippen molar-refractivity contribution in [3.63, 3.8) is 0 Å². The molecule has 1 aliphatic heterocycles. The topological polar surface area (TPSA) is 95.9 Å². The summed E-state index contributed by atoms with van der Waals surface area (Å²) in [6.45, 7) is 0.132. The lowest BCUT2D eigenvalue weighted by Gasteiger charge is -2.25. The number of hydrogen-bond acceptors (Lipinski definition) is 5. The van der Waals surface area contributed by atoms with Crippen LogP contribution >= 0.6 is 11.8 Å². The van der Waals surface area contributed by atoms with Crippen molar-refractivity contribution < 1.29 is 24.2 Å². The highest BCUT2D eigenvalue weighted by Gasteiger charge is 2.32. The summed E-state index contributed by atoms with van der Waals surface area (Å²) in [6.07, 6.45) is -0.873. The van der Waals surface area contributed by atoms with Gasteiger partial charge in [0.05, 0.1) is 12.1 Å². The van der Waals surface area contributed by atoms with Crippen molar-refractivity contribution in [1.82, 2.24) is 5.32 Å². The maximum atomic E-state index is 13.0. The van der Waals surface area contributed by atoms with Crippen LogP contribution in [0.2, 0.25) is 0 Å². The molecule has 8 heteroatoms. The maximum Gasteiger partial charge on any atom is 0.408 e. The van der Waals surface area contributed by atoms with Crippen molar-refractivity contribution in [2.45, 2.75) is 24.0 Å². The Morgan fingerprint density at radius 1 is 1.14 bits per heavy atom. The Hall–Kier alpha value is -3.00. The lowest BCUT2D eigenvalue weighted by molar-refractivity contribution is -0.136. The minimum Gasteiger partial charge on any atom is -0.481 e. The smallest absolute Gasteiger partial charge is 0.408 e. The standard InChI is InChI=1S/C20H20N2O5S/c23-18(24)10-11-22-16-8-4-5-9-17(16)28-13-15(19(22)25)21-20(26)27-12-14-6-2-1-3-7-14/h1-9,15H,10-13H2,(H,21,26)(H,23,24). The molecule has 0 spiro atoms. The van der Waals surface area contributed by atoms with E-state index in [1.165, 1.54) is 16.7 Å². The number of amides is 2. The van der Waals surface area contributed by atoms with Crippen molar-refractivity contribution >= 4 is 35.4 Å². The number of carbonyl (C=O) groups excluding carboxylic acids is 2. The molecule has 0 saturated carbocycles. The molecule has 3 rings (SSSR count). The molecule has 1 atom stereocenters. The zero-order chi connectivity index (χ0) is 19.9. The van der Waals surface area contributed by atoms with Gasteiger partial charge in [-0.1, -0.05) is 42.5 Å². The zero-order valence-electron chi connectivity index (χ0n) is 15.0. The van der Waals surface area contributed by atoms with Crippen LogP contribution in [-0.4, -0.2) is 41.4 Å². The summed E-state index contributed by atoms with van der Waals surface area (Å²) in [5, 5.41) is 11.6. The van der Waals surface area contributed by atoms with E-state index in [0.717, 1.165) is 10.5 Å². The van der Waals surface area contributed by atoms with Crippen LogP contribution in [0.4, 0.5) is 10.5 Å². The molecule has 2 aromatic carbocycles. The number of para-hydroxylation sites is 1. The van der Waals surface area contributed by atoms with Gasteiger partial charge in [0, 0.05) is 17.2 Å². The van der Waals surface area contributed by atoms with E-state index >= 15 is 0 Å². The van der Waals surface area contributed by atoms with E-state index in [9.17, 15) is 14.4 Å². The fourth-order valence-electron chi connectivity index (χ4n) is 2.80. The predicted molar refractivity (Wildman–Crippen MR) is 105 cm³/mol. The average Bonchev–Trinajstić information content (AvgIpc) is 2.83. The molecule has 2 amide bonds. The molecule has 28 heavy (non-hydrogen) atoms. The van der Waals surface area contributed by atoms with Crippen LogP contribution in [0.1, 0.15) is 12.0 Å². The zero-order valence-corrected chi connectivity index (χ0v) is 15.9. The third kappa shape index (κ3) is 5.04. The van der Waals surface area contributed by atoms with Gasteiger partial charge in [-0.2, -0.15) is 0 Å². The monoisotopic (exact) mass is 400 g/mol. The summed E-state index contributed by atoms with van der Waals surface area (Å²) in [5.74, 6) is -1.01. The Morgan fingerprint density at radius 2 is 1.86 bits per heavy atom. The fraction of sp³-hybridized carbons (Fsp3) is 0.250. The van der Waals surface area contributed by atoms with Crippen molar-refractivity contribution in [2.24, 2.45) is 0 Å². The van der Waals surface area contributed by atoms with E-state index in [1.54, 1.807) is 12.1 Å². The number of ether oxygens (including phenoxy) is 1. The van der Waals surface area contributed by atoms with Gasteiger partial charge in [0.2, 0.25) is 0 Å². The summed E-state index contributed by atoms with van der Waals surface area (Å²) < 4.78 is 5.21. The number of nitrogens with zero attached hydrogens (tertiary/aromatic N) is 1. The van der Waals surface area contributed by atoms with Gasteiger partial charge in [0.1, 0.15) is 12.6 Å². The first-order valence-electron chi connectivity index (χ1n) is 8.77. The van der Waals surface area contributed by atoms with Gasteiger partial charge in [0.25, 0.3) is 5.91 Å². The molecule has 0 saturated heterocycles. The van der Waals surface area contributed by atoms with E-state index in [2.05, 4.69) is 5.32 Å². The van der Waals surface area contributed by atoms with E-state index in [-0.39, 0.29) is 25.5 Å². The van der Waals surface area contributed by atoms with Crippen LogP contribution < -0.4 is 10.2 Å². The SMILES string of the molecule is O=C(O)CCN1C(=O)C(NC(=O)OCc2ccccc2)CSc2ccccc21. The third-order valence-electron chi connectivity index (χ3n) is 4.18. The number of rotatable bonds is 6. The van der Waals surface area contributed by atoms with Crippen molar-refractivity contribution in [1.29, 1.82) is 0 Å². The summed E-state index contributed by atoms with van der Waals surface area (Å²) >= 11 is 1.44. The number of carboxylic acids is 1. The molecule has 2 aromatic rings. The Balaban J connectivity index is 1.68. The molecule has 0 aliphatic carbocycles. The largest absolute Gasteiger partial charge is 0.481 e. The van der Waals surface area contributed by atoms with Crippen molar-refractivity contribution in [2.75, 3.05) is 17.2 Å². The second kappa shape index (κ2) is 9.27. The summed E-state index contributed by atoms with van der Waals surface area (Å²) in [7, 11) is 0. The first kappa shape index (κ1) is 19.8.